The molecule has 0 radical (unpaired) electrons. The Morgan fingerprint density at radius 3 is 1.78 bits per heavy atom. The maximum absolute atomic E-state index is 8.88. The van der Waals surface area contributed by atoms with Gasteiger partial charge in [0.15, 0.2) is 0 Å². The van der Waals surface area contributed by atoms with E-state index in [1.807, 2.05) is 57.6 Å². The van der Waals surface area contributed by atoms with Gasteiger partial charge < -0.3 is 19.5 Å². The highest BCUT2D eigenvalue weighted by Gasteiger charge is 2.13. The normalized spacial score (nSPS) is 10.3. The van der Waals surface area contributed by atoms with Gasteiger partial charge in [0.1, 0.15) is 11.5 Å². The first-order chi connectivity index (χ1) is 17.1. The van der Waals surface area contributed by atoms with Crippen LogP contribution in [-0.4, -0.2) is 39.3 Å². The lowest BCUT2D eigenvalue weighted by atomic mass is 9.80. The molecule has 0 amide bonds. The summed E-state index contributed by atoms with van der Waals surface area (Å²) in [6, 6.07) is 10.5. The van der Waals surface area contributed by atoms with Gasteiger partial charge in [-0.25, -0.2) is 0 Å². The van der Waals surface area contributed by atoms with E-state index >= 15 is 0 Å². The van der Waals surface area contributed by atoms with Crippen LogP contribution in [0.2, 0.25) is 10.0 Å². The summed E-state index contributed by atoms with van der Waals surface area (Å²) < 4.78 is 12.0. The van der Waals surface area contributed by atoms with Gasteiger partial charge >= 0.3 is 7.12 Å². The van der Waals surface area contributed by atoms with E-state index in [9.17, 15) is 0 Å². The fraction of sp³-hybridized carbons (Fsp3) is 0.250. The third-order valence-electron chi connectivity index (χ3n) is 4.03. The zero-order valence-corrected chi connectivity index (χ0v) is 24.8. The van der Waals surface area contributed by atoms with E-state index in [-0.39, 0.29) is 12.2 Å². The molecule has 0 aliphatic carbocycles. The topological polar surface area (TPSA) is 84.7 Å². The van der Waals surface area contributed by atoms with Crippen molar-refractivity contribution < 1.29 is 19.5 Å². The highest BCUT2D eigenvalue weighted by molar-refractivity contribution is 9.11. The highest BCUT2D eigenvalue weighted by atomic mass is 79.9. The van der Waals surface area contributed by atoms with Gasteiger partial charge in [-0.1, -0.05) is 29.3 Å². The minimum absolute atomic E-state index is 0.0393. The standard InChI is InChI=1S/C12H12ClNOS.C9H12BClO3.C3H2BrNS/c1-8(2)15-11-4-3-9(5-10(11)13)12-6-14-7-16-12;1-6(2)14-9-4-3-7(10(12)13)5-8(9)11;4-3-1-5-2-6-3/h3-8H,1-2H3;3-6,12-13H,1-2H3;1-2H. The summed E-state index contributed by atoms with van der Waals surface area (Å²) in [7, 11) is -1.50. The van der Waals surface area contributed by atoms with Crippen LogP contribution in [0.5, 0.6) is 11.5 Å². The third-order valence-corrected chi connectivity index (χ3v) is 6.77. The molecule has 0 saturated heterocycles. The van der Waals surface area contributed by atoms with Gasteiger partial charge in [-0.15, -0.1) is 22.7 Å². The van der Waals surface area contributed by atoms with E-state index in [4.69, 9.17) is 42.7 Å². The summed E-state index contributed by atoms with van der Waals surface area (Å²) in [4.78, 5) is 8.95. The molecule has 2 N–H and O–H groups in total. The Morgan fingerprint density at radius 2 is 1.39 bits per heavy atom. The molecule has 0 bridgehead atoms. The highest BCUT2D eigenvalue weighted by Crippen LogP contribution is 2.32. The smallest absolute Gasteiger partial charge is 0.488 e. The molecule has 4 rings (SSSR count). The number of thiazole rings is 2. The van der Waals surface area contributed by atoms with Gasteiger partial charge in [-0.3, -0.25) is 9.97 Å². The molecule has 4 aromatic rings. The quantitative estimate of drug-likeness (QED) is 0.224. The number of rotatable bonds is 6. The first-order valence-corrected chi connectivity index (χ1v) is 14.1. The summed E-state index contributed by atoms with van der Waals surface area (Å²) in [6.45, 7) is 7.75. The predicted molar refractivity (Wildman–Crippen MR) is 155 cm³/mol. The average Bonchev–Trinajstić information content (AvgIpc) is 3.51. The zero-order valence-electron chi connectivity index (χ0n) is 20.1. The molecule has 2 heterocycles. The van der Waals surface area contributed by atoms with Crippen molar-refractivity contribution >= 4 is 74.4 Å². The minimum Gasteiger partial charge on any atom is -0.489 e. The van der Waals surface area contributed by atoms with Crippen LogP contribution in [0.25, 0.3) is 10.4 Å². The van der Waals surface area contributed by atoms with Crippen LogP contribution in [-0.2, 0) is 0 Å². The van der Waals surface area contributed by atoms with E-state index < -0.39 is 7.12 Å². The molecule has 2 aromatic carbocycles. The Morgan fingerprint density at radius 1 is 0.833 bits per heavy atom. The number of aromatic nitrogens is 2. The largest absolute Gasteiger partial charge is 0.489 e. The Hall–Kier alpha value is -1.66. The summed E-state index contributed by atoms with van der Waals surface area (Å²) in [5.74, 6) is 1.27. The van der Waals surface area contributed by atoms with Gasteiger partial charge in [0.25, 0.3) is 0 Å². The van der Waals surface area contributed by atoms with Crippen molar-refractivity contribution in [1.82, 2.24) is 9.97 Å². The van der Waals surface area contributed by atoms with Crippen LogP contribution < -0.4 is 14.9 Å². The Kier molecular flexibility index (Phi) is 13.2. The van der Waals surface area contributed by atoms with Gasteiger partial charge in [0.05, 0.1) is 48.1 Å². The number of ether oxygens (including phenoxy) is 2. The molecule has 192 valence electrons. The van der Waals surface area contributed by atoms with Crippen LogP contribution >= 0.6 is 61.8 Å². The lowest BCUT2D eigenvalue weighted by Gasteiger charge is -2.11. The summed E-state index contributed by atoms with van der Waals surface area (Å²) >= 11 is 18.4. The predicted octanol–water partition coefficient (Wildman–Crippen LogP) is 6.96. The van der Waals surface area contributed by atoms with E-state index in [0.717, 1.165) is 20.0 Å². The molecule has 6 nitrogen and oxygen atoms in total. The first kappa shape index (κ1) is 30.6. The van der Waals surface area contributed by atoms with Crippen LogP contribution in [0.3, 0.4) is 0 Å². The van der Waals surface area contributed by atoms with Crippen LogP contribution in [0.15, 0.2) is 63.6 Å². The summed E-state index contributed by atoms with van der Waals surface area (Å²) in [5.41, 5.74) is 5.01. The molecule has 12 heteroatoms. The molecule has 0 atom stereocenters. The number of halogens is 3. The molecule has 0 aliphatic heterocycles. The summed E-state index contributed by atoms with van der Waals surface area (Å²) in [5, 5.41) is 18.8. The van der Waals surface area contributed by atoms with Gasteiger partial charge in [0, 0.05) is 6.20 Å². The fourth-order valence-electron chi connectivity index (χ4n) is 2.59. The SMILES string of the molecule is Brc1cncs1.CC(C)Oc1ccc(-c2cncs2)cc1Cl.CC(C)Oc1ccc(B(O)O)cc1Cl. The van der Waals surface area contributed by atoms with Crippen molar-refractivity contribution in [3.05, 3.63) is 73.6 Å². The maximum atomic E-state index is 8.88. The fourth-order valence-corrected chi connectivity index (χ4v) is 4.38. The lowest BCUT2D eigenvalue weighted by Crippen LogP contribution is -2.29. The van der Waals surface area contributed by atoms with Crippen LogP contribution in [0.1, 0.15) is 27.7 Å². The van der Waals surface area contributed by atoms with Gasteiger partial charge in [-0.2, -0.15) is 0 Å². The second-order valence-corrected chi connectivity index (χ2v) is 11.7. The van der Waals surface area contributed by atoms with E-state index in [2.05, 4.69) is 25.9 Å². The minimum atomic E-state index is -1.50. The molecule has 36 heavy (non-hydrogen) atoms. The molecule has 0 unspecified atom stereocenters. The van der Waals surface area contributed by atoms with Crippen molar-refractivity contribution in [1.29, 1.82) is 0 Å². The van der Waals surface area contributed by atoms with E-state index in [1.54, 1.807) is 46.5 Å². The zero-order chi connectivity index (χ0) is 26.7. The first-order valence-electron chi connectivity index (χ1n) is 10.8. The number of hydrogen-bond acceptors (Lipinski definition) is 8. The molecule has 2 aromatic heterocycles. The van der Waals surface area contributed by atoms with Crippen molar-refractivity contribution in [2.24, 2.45) is 0 Å². The van der Waals surface area contributed by atoms with Crippen LogP contribution in [0, 0.1) is 0 Å². The second-order valence-electron chi connectivity index (χ2n) is 7.71. The molecule has 0 saturated carbocycles. The van der Waals surface area contributed by atoms with Crippen molar-refractivity contribution in [2.45, 2.75) is 39.9 Å². The number of hydrogen-bond donors (Lipinski definition) is 2. The Bertz CT molecular complexity index is 1180. The number of benzene rings is 2. The lowest BCUT2D eigenvalue weighted by molar-refractivity contribution is 0.242. The van der Waals surface area contributed by atoms with Gasteiger partial charge in [0.2, 0.25) is 0 Å². The number of nitrogens with zero attached hydrogens (tertiary/aromatic N) is 2. The molecular formula is C24H26BBrCl2N2O4S2. The monoisotopic (exact) mass is 630 g/mol. The van der Waals surface area contributed by atoms with Gasteiger partial charge in [-0.05, 0) is 85.0 Å². The van der Waals surface area contributed by atoms with Crippen molar-refractivity contribution in [3.8, 4) is 21.9 Å². The molecule has 0 aliphatic rings. The Balaban J connectivity index is 0.000000208. The Labute approximate surface area is 238 Å². The van der Waals surface area contributed by atoms with Crippen molar-refractivity contribution in [3.63, 3.8) is 0 Å². The average molecular weight is 632 g/mol. The van der Waals surface area contributed by atoms with E-state index in [1.165, 1.54) is 6.07 Å². The molecule has 0 fully saturated rings. The van der Waals surface area contributed by atoms with Crippen molar-refractivity contribution in [2.75, 3.05) is 0 Å². The maximum Gasteiger partial charge on any atom is 0.488 e. The van der Waals surface area contributed by atoms with Crippen LogP contribution in [0.4, 0.5) is 0 Å². The molecular weight excluding hydrogens is 606 g/mol. The molecule has 0 spiro atoms. The van der Waals surface area contributed by atoms with E-state index in [0.29, 0.717) is 21.3 Å². The second kappa shape index (κ2) is 15.6. The summed E-state index contributed by atoms with van der Waals surface area (Å²) in [6.07, 6.45) is 3.77. The third kappa shape index (κ3) is 10.8.